The van der Waals surface area contributed by atoms with Crippen molar-refractivity contribution in [3.8, 4) is 0 Å². The highest BCUT2D eigenvalue weighted by Gasteiger charge is 2.61. The third kappa shape index (κ3) is 2.39. The maximum atomic E-state index is 12.9. The summed E-state index contributed by atoms with van der Waals surface area (Å²) in [5.41, 5.74) is 0.644. The minimum absolute atomic E-state index is 0.00911. The number of likely N-dealkylation sites (tertiary alicyclic amines) is 1. The monoisotopic (exact) mass is 360 g/mol. The van der Waals surface area contributed by atoms with Crippen molar-refractivity contribution < 1.29 is 9.59 Å². The van der Waals surface area contributed by atoms with Gasteiger partial charge in [0, 0.05) is 27.2 Å². The van der Waals surface area contributed by atoms with Crippen molar-refractivity contribution in [3.63, 3.8) is 0 Å². The van der Waals surface area contributed by atoms with Crippen molar-refractivity contribution in [2.45, 2.75) is 71.3 Å². The van der Waals surface area contributed by atoms with E-state index in [9.17, 15) is 9.59 Å². The lowest BCUT2D eigenvalue weighted by atomic mass is 9.47. The third-order valence-corrected chi connectivity index (χ3v) is 9.10. The fourth-order valence-electron chi connectivity index (χ4n) is 7.78. The molecule has 1 heterocycles. The maximum Gasteiger partial charge on any atom is 0.235 e. The number of piperidine rings is 1. The van der Waals surface area contributed by atoms with E-state index in [0.29, 0.717) is 17.4 Å². The van der Waals surface area contributed by atoms with Gasteiger partial charge in [-0.15, -0.1) is 0 Å². The summed E-state index contributed by atoms with van der Waals surface area (Å²) >= 11 is 0. The van der Waals surface area contributed by atoms with Crippen LogP contribution in [0.4, 0.5) is 0 Å². The number of nitrogens with zero attached hydrogens (tertiary/aromatic N) is 2. The number of rotatable bonds is 1. The molecule has 1 unspecified atom stereocenters. The van der Waals surface area contributed by atoms with E-state index in [0.717, 1.165) is 24.7 Å². The van der Waals surface area contributed by atoms with Crippen molar-refractivity contribution in [2.24, 2.45) is 34.5 Å². The first kappa shape index (κ1) is 18.3. The Bertz CT molecular complexity index is 617. The lowest BCUT2D eigenvalue weighted by Gasteiger charge is -2.62. The SMILES string of the molecule is CN(C)C(=O)C1C[C@]2(C)[C@H]3CC[C@]4(C)CCC[C@H]4[C@@H]3CC[C@H]2N(C)C1=O. The number of hydrogen-bond donors (Lipinski definition) is 0. The molecule has 0 aromatic rings. The Hall–Kier alpha value is -1.06. The van der Waals surface area contributed by atoms with Crippen molar-refractivity contribution in [1.82, 2.24) is 9.80 Å². The molecule has 4 fully saturated rings. The van der Waals surface area contributed by atoms with Gasteiger partial charge in [-0.1, -0.05) is 20.3 Å². The van der Waals surface area contributed by atoms with Crippen LogP contribution in [0.3, 0.4) is 0 Å². The van der Waals surface area contributed by atoms with Gasteiger partial charge in [-0.2, -0.15) is 0 Å². The standard InChI is InChI=1S/C22H36N2O2/c1-21-11-6-7-16(21)14-8-9-18-22(2,17(14)10-12-21)13-15(19(25)23(3)4)20(26)24(18)5/h14-18H,6-13H2,1-5H3/t14-,15?,16-,17-,18+,21-,22+/m0/s1. The largest absolute Gasteiger partial charge is 0.348 e. The first-order chi connectivity index (χ1) is 12.2. The molecule has 26 heavy (non-hydrogen) atoms. The molecule has 0 aromatic carbocycles. The summed E-state index contributed by atoms with van der Waals surface area (Å²) < 4.78 is 0. The Labute approximate surface area is 158 Å². The zero-order valence-corrected chi connectivity index (χ0v) is 17.3. The van der Waals surface area contributed by atoms with Crippen LogP contribution >= 0.6 is 0 Å². The van der Waals surface area contributed by atoms with Crippen LogP contribution in [0.15, 0.2) is 0 Å². The number of hydrogen-bond acceptors (Lipinski definition) is 2. The number of fused-ring (bicyclic) bond motifs is 5. The molecule has 0 bridgehead atoms. The van der Waals surface area contributed by atoms with Gasteiger partial charge in [0.25, 0.3) is 0 Å². The average Bonchev–Trinajstić information content (AvgIpc) is 2.99. The molecule has 4 aliphatic rings. The Morgan fingerprint density at radius 1 is 1.08 bits per heavy atom. The molecule has 146 valence electrons. The molecule has 3 aliphatic carbocycles. The van der Waals surface area contributed by atoms with Crippen LogP contribution in [0.25, 0.3) is 0 Å². The van der Waals surface area contributed by atoms with E-state index in [-0.39, 0.29) is 17.2 Å². The van der Waals surface area contributed by atoms with Crippen molar-refractivity contribution >= 4 is 11.8 Å². The van der Waals surface area contributed by atoms with Crippen LogP contribution in [0.1, 0.15) is 65.2 Å². The highest BCUT2D eigenvalue weighted by Crippen LogP contribution is 2.65. The normalized spacial score (nSPS) is 47.8. The molecule has 1 saturated heterocycles. The summed E-state index contributed by atoms with van der Waals surface area (Å²) in [6.07, 6.45) is 9.96. The maximum absolute atomic E-state index is 12.9. The number of carbonyl (C=O) groups is 2. The predicted octanol–water partition coefficient (Wildman–Crippen LogP) is 3.55. The van der Waals surface area contributed by atoms with Crippen LogP contribution in [-0.4, -0.2) is 48.8 Å². The Kier molecular flexibility index (Phi) is 4.20. The van der Waals surface area contributed by atoms with E-state index in [1.165, 1.54) is 38.5 Å². The van der Waals surface area contributed by atoms with Crippen LogP contribution in [0, 0.1) is 34.5 Å². The van der Waals surface area contributed by atoms with Gasteiger partial charge < -0.3 is 9.80 Å². The van der Waals surface area contributed by atoms with Crippen LogP contribution in [0.5, 0.6) is 0 Å². The van der Waals surface area contributed by atoms with Gasteiger partial charge in [0.05, 0.1) is 0 Å². The van der Waals surface area contributed by atoms with E-state index in [4.69, 9.17) is 0 Å². The Balaban J connectivity index is 1.67. The lowest BCUT2D eigenvalue weighted by Crippen LogP contribution is -2.64. The molecule has 1 aliphatic heterocycles. The second-order valence-corrected chi connectivity index (χ2v) is 10.5. The van der Waals surface area contributed by atoms with Gasteiger partial charge in [0.15, 0.2) is 0 Å². The fraction of sp³-hybridized carbons (Fsp3) is 0.909. The number of amides is 2. The minimum atomic E-state index is -0.480. The summed E-state index contributed by atoms with van der Waals surface area (Å²) in [7, 11) is 5.50. The molecular weight excluding hydrogens is 324 g/mol. The Morgan fingerprint density at radius 3 is 2.50 bits per heavy atom. The molecule has 3 saturated carbocycles. The van der Waals surface area contributed by atoms with E-state index in [1.807, 2.05) is 11.9 Å². The van der Waals surface area contributed by atoms with E-state index in [2.05, 4.69) is 13.8 Å². The molecule has 2 amide bonds. The van der Waals surface area contributed by atoms with Gasteiger partial charge in [-0.05, 0) is 73.5 Å². The smallest absolute Gasteiger partial charge is 0.235 e. The molecule has 4 rings (SSSR count). The molecular formula is C22H36N2O2. The quantitative estimate of drug-likeness (QED) is 0.671. The highest BCUT2D eigenvalue weighted by atomic mass is 16.2. The van der Waals surface area contributed by atoms with E-state index >= 15 is 0 Å². The first-order valence-corrected chi connectivity index (χ1v) is 10.7. The van der Waals surface area contributed by atoms with Crippen LogP contribution in [-0.2, 0) is 9.59 Å². The zero-order valence-electron chi connectivity index (χ0n) is 17.3. The van der Waals surface area contributed by atoms with Crippen molar-refractivity contribution in [1.29, 1.82) is 0 Å². The average molecular weight is 361 g/mol. The molecule has 0 N–H and O–H groups in total. The first-order valence-electron chi connectivity index (χ1n) is 10.7. The topological polar surface area (TPSA) is 40.6 Å². The molecule has 4 heteroatoms. The van der Waals surface area contributed by atoms with E-state index in [1.54, 1.807) is 19.0 Å². The third-order valence-electron chi connectivity index (χ3n) is 9.10. The fourth-order valence-corrected chi connectivity index (χ4v) is 7.78. The molecule has 0 radical (unpaired) electrons. The number of carbonyl (C=O) groups excluding carboxylic acids is 2. The van der Waals surface area contributed by atoms with Crippen LogP contribution in [0.2, 0.25) is 0 Å². The highest BCUT2D eigenvalue weighted by molar-refractivity contribution is 6.00. The second kappa shape index (κ2) is 5.97. The minimum Gasteiger partial charge on any atom is -0.348 e. The summed E-state index contributed by atoms with van der Waals surface area (Å²) in [6, 6.07) is 0.313. The molecule has 4 nitrogen and oxygen atoms in total. The molecule has 7 atom stereocenters. The molecule has 0 spiro atoms. The summed E-state index contributed by atoms with van der Waals surface area (Å²) in [5, 5.41) is 0. The lowest BCUT2D eigenvalue weighted by molar-refractivity contribution is -0.171. The zero-order chi connectivity index (χ0) is 18.9. The van der Waals surface area contributed by atoms with Gasteiger partial charge in [0.2, 0.25) is 11.8 Å². The second-order valence-electron chi connectivity index (χ2n) is 10.5. The summed E-state index contributed by atoms with van der Waals surface area (Å²) in [4.78, 5) is 29.2. The summed E-state index contributed by atoms with van der Waals surface area (Å²) in [6.45, 7) is 4.94. The van der Waals surface area contributed by atoms with E-state index < -0.39 is 5.92 Å². The van der Waals surface area contributed by atoms with Crippen molar-refractivity contribution in [2.75, 3.05) is 21.1 Å². The van der Waals surface area contributed by atoms with Gasteiger partial charge in [-0.25, -0.2) is 0 Å². The van der Waals surface area contributed by atoms with Crippen LogP contribution < -0.4 is 0 Å². The van der Waals surface area contributed by atoms with Gasteiger partial charge >= 0.3 is 0 Å². The van der Waals surface area contributed by atoms with Gasteiger partial charge in [-0.3, -0.25) is 9.59 Å². The Morgan fingerprint density at radius 2 is 1.81 bits per heavy atom. The van der Waals surface area contributed by atoms with Crippen molar-refractivity contribution in [3.05, 3.63) is 0 Å². The predicted molar refractivity (Wildman–Crippen MR) is 102 cm³/mol. The summed E-state index contributed by atoms with van der Waals surface area (Å²) in [5.74, 6) is 1.90. The molecule has 0 aromatic heterocycles. The van der Waals surface area contributed by atoms with Gasteiger partial charge in [0.1, 0.15) is 5.92 Å².